The number of hydrogen-bond acceptors (Lipinski definition) is 3. The number of benzene rings is 1. The van der Waals surface area contributed by atoms with Gasteiger partial charge < -0.3 is 14.7 Å². The molecule has 1 N–H and O–H groups in total. The highest BCUT2D eigenvalue weighted by Crippen LogP contribution is 2.24. The maximum Gasteiger partial charge on any atom is 0.328 e. The Labute approximate surface area is 117 Å². The van der Waals surface area contributed by atoms with Gasteiger partial charge in [0.2, 0.25) is 5.91 Å². The van der Waals surface area contributed by atoms with Gasteiger partial charge in [0.1, 0.15) is 5.75 Å². The standard InChI is InChI=1S/C15H17NO4/c1-20-13-6-4-11(5-7-15(18)19)9-12(13)10-16-8-2-3-14(16)17/h4-7,9H,2-3,8,10H2,1H3,(H,18,19). The highest BCUT2D eigenvalue weighted by Gasteiger charge is 2.21. The lowest BCUT2D eigenvalue weighted by atomic mass is 10.1. The summed E-state index contributed by atoms with van der Waals surface area (Å²) < 4.78 is 5.29. The molecule has 1 aromatic rings. The molecule has 0 aliphatic carbocycles. The summed E-state index contributed by atoms with van der Waals surface area (Å²) in [6.07, 6.45) is 4.10. The average Bonchev–Trinajstić information content (AvgIpc) is 2.82. The van der Waals surface area contributed by atoms with Crippen LogP contribution >= 0.6 is 0 Å². The number of nitrogens with zero attached hydrogens (tertiary/aromatic N) is 1. The third-order valence-corrected chi connectivity index (χ3v) is 3.26. The summed E-state index contributed by atoms with van der Waals surface area (Å²) in [4.78, 5) is 24.0. The normalized spacial score (nSPS) is 15.1. The molecule has 0 saturated carbocycles. The van der Waals surface area contributed by atoms with Crippen molar-refractivity contribution in [3.63, 3.8) is 0 Å². The zero-order valence-corrected chi connectivity index (χ0v) is 11.3. The maximum absolute atomic E-state index is 11.7. The van der Waals surface area contributed by atoms with Crippen molar-refractivity contribution in [3.05, 3.63) is 35.4 Å². The summed E-state index contributed by atoms with van der Waals surface area (Å²) in [6.45, 7) is 1.26. The number of carbonyl (C=O) groups is 2. The van der Waals surface area contributed by atoms with Crippen LogP contribution in [0, 0.1) is 0 Å². The topological polar surface area (TPSA) is 66.8 Å². The number of methoxy groups -OCH3 is 1. The minimum absolute atomic E-state index is 0.151. The SMILES string of the molecule is COc1ccc(C=CC(=O)O)cc1CN1CCCC1=O. The second-order valence-electron chi connectivity index (χ2n) is 4.66. The minimum Gasteiger partial charge on any atom is -0.496 e. The molecule has 2 rings (SSSR count). The van der Waals surface area contributed by atoms with E-state index in [9.17, 15) is 9.59 Å². The first-order chi connectivity index (χ1) is 9.60. The number of likely N-dealkylation sites (tertiary alicyclic amines) is 1. The van der Waals surface area contributed by atoms with E-state index in [1.807, 2.05) is 6.07 Å². The summed E-state index contributed by atoms with van der Waals surface area (Å²) in [7, 11) is 1.58. The van der Waals surface area contributed by atoms with Crippen LogP contribution in [0.3, 0.4) is 0 Å². The van der Waals surface area contributed by atoms with E-state index in [-0.39, 0.29) is 5.91 Å². The zero-order valence-electron chi connectivity index (χ0n) is 11.3. The molecule has 106 valence electrons. The molecule has 1 amide bonds. The van der Waals surface area contributed by atoms with Crippen LogP contribution in [0.5, 0.6) is 5.75 Å². The lowest BCUT2D eigenvalue weighted by Gasteiger charge is -2.18. The fraction of sp³-hybridized carbons (Fsp3) is 0.333. The molecule has 0 atom stereocenters. The fourth-order valence-electron chi connectivity index (χ4n) is 2.27. The van der Waals surface area contributed by atoms with E-state index >= 15 is 0 Å². The van der Waals surface area contributed by atoms with Gasteiger partial charge in [-0.25, -0.2) is 4.79 Å². The summed E-state index contributed by atoms with van der Waals surface area (Å²) in [5, 5.41) is 8.65. The van der Waals surface area contributed by atoms with Gasteiger partial charge in [-0.2, -0.15) is 0 Å². The predicted molar refractivity (Wildman–Crippen MR) is 74.3 cm³/mol. The maximum atomic E-state index is 11.7. The Bertz CT molecular complexity index is 551. The van der Waals surface area contributed by atoms with Gasteiger partial charge in [-0.15, -0.1) is 0 Å². The third-order valence-electron chi connectivity index (χ3n) is 3.26. The number of aliphatic carboxylic acids is 1. The molecule has 1 fully saturated rings. The van der Waals surface area contributed by atoms with Gasteiger partial charge in [-0.05, 0) is 30.2 Å². The molecule has 1 aliphatic heterocycles. The number of carboxylic acids is 1. The lowest BCUT2D eigenvalue weighted by Crippen LogP contribution is -2.24. The summed E-state index contributed by atoms with van der Waals surface area (Å²) in [5.41, 5.74) is 1.66. The van der Waals surface area contributed by atoms with Gasteiger partial charge in [0.05, 0.1) is 7.11 Å². The molecule has 1 saturated heterocycles. The number of hydrogen-bond donors (Lipinski definition) is 1. The molecule has 0 bridgehead atoms. The van der Waals surface area contributed by atoms with Crippen LogP contribution in [0.15, 0.2) is 24.3 Å². The van der Waals surface area contributed by atoms with Crippen LogP contribution < -0.4 is 4.74 Å². The van der Waals surface area contributed by atoms with Crippen molar-refractivity contribution in [1.29, 1.82) is 0 Å². The Kier molecular flexibility index (Phi) is 4.40. The Hall–Kier alpha value is -2.30. The van der Waals surface area contributed by atoms with Crippen LogP contribution in [0.4, 0.5) is 0 Å². The molecular weight excluding hydrogens is 258 g/mol. The quantitative estimate of drug-likeness (QED) is 0.834. The Morgan fingerprint density at radius 2 is 2.30 bits per heavy atom. The van der Waals surface area contributed by atoms with Crippen molar-refractivity contribution in [1.82, 2.24) is 4.90 Å². The largest absolute Gasteiger partial charge is 0.496 e. The van der Waals surface area contributed by atoms with Crippen LogP contribution in [-0.4, -0.2) is 35.5 Å². The molecule has 0 radical (unpaired) electrons. The first-order valence-electron chi connectivity index (χ1n) is 6.46. The minimum atomic E-state index is -0.989. The number of carbonyl (C=O) groups excluding carboxylic acids is 1. The Balaban J connectivity index is 2.22. The number of rotatable bonds is 5. The van der Waals surface area contributed by atoms with Gasteiger partial charge >= 0.3 is 5.97 Å². The van der Waals surface area contributed by atoms with E-state index in [1.54, 1.807) is 24.1 Å². The summed E-state index contributed by atoms with van der Waals surface area (Å²) >= 11 is 0. The highest BCUT2D eigenvalue weighted by atomic mass is 16.5. The van der Waals surface area contributed by atoms with Gasteiger partial charge in [-0.3, -0.25) is 4.79 Å². The van der Waals surface area contributed by atoms with Gasteiger partial charge in [0.15, 0.2) is 0 Å². The lowest BCUT2D eigenvalue weighted by molar-refractivity contribution is -0.131. The average molecular weight is 275 g/mol. The number of carboxylic acid groups (broad SMARTS) is 1. The third kappa shape index (κ3) is 3.38. The zero-order chi connectivity index (χ0) is 14.5. The number of ether oxygens (including phenoxy) is 1. The molecule has 1 aromatic carbocycles. The van der Waals surface area contributed by atoms with Crippen LogP contribution in [0.25, 0.3) is 6.08 Å². The van der Waals surface area contributed by atoms with Crippen molar-refractivity contribution in [2.75, 3.05) is 13.7 Å². The van der Waals surface area contributed by atoms with E-state index in [0.717, 1.165) is 30.2 Å². The molecule has 1 heterocycles. The van der Waals surface area contributed by atoms with E-state index in [2.05, 4.69) is 0 Å². The monoisotopic (exact) mass is 275 g/mol. The first-order valence-corrected chi connectivity index (χ1v) is 6.46. The van der Waals surface area contributed by atoms with Crippen molar-refractivity contribution in [3.8, 4) is 5.75 Å². The van der Waals surface area contributed by atoms with Gasteiger partial charge in [0, 0.05) is 31.1 Å². The van der Waals surface area contributed by atoms with Crippen molar-refractivity contribution in [2.45, 2.75) is 19.4 Å². The van der Waals surface area contributed by atoms with Gasteiger partial charge in [-0.1, -0.05) is 6.07 Å². The van der Waals surface area contributed by atoms with E-state index in [4.69, 9.17) is 9.84 Å². The van der Waals surface area contributed by atoms with Crippen molar-refractivity contribution < 1.29 is 19.4 Å². The van der Waals surface area contributed by atoms with E-state index in [0.29, 0.717) is 18.7 Å². The molecular formula is C15H17NO4. The van der Waals surface area contributed by atoms with E-state index in [1.165, 1.54) is 6.08 Å². The molecule has 20 heavy (non-hydrogen) atoms. The second-order valence-corrected chi connectivity index (χ2v) is 4.66. The van der Waals surface area contributed by atoms with Crippen LogP contribution in [-0.2, 0) is 16.1 Å². The fourth-order valence-corrected chi connectivity index (χ4v) is 2.27. The highest BCUT2D eigenvalue weighted by molar-refractivity contribution is 5.85. The molecule has 0 spiro atoms. The second kappa shape index (κ2) is 6.23. The smallest absolute Gasteiger partial charge is 0.328 e. The van der Waals surface area contributed by atoms with E-state index < -0.39 is 5.97 Å². The van der Waals surface area contributed by atoms with Crippen molar-refractivity contribution in [2.24, 2.45) is 0 Å². The van der Waals surface area contributed by atoms with Crippen molar-refractivity contribution >= 4 is 18.0 Å². The number of amides is 1. The summed E-state index contributed by atoms with van der Waals surface area (Å²) in [6, 6.07) is 5.43. The van der Waals surface area contributed by atoms with Crippen LogP contribution in [0.2, 0.25) is 0 Å². The molecule has 5 nitrogen and oxygen atoms in total. The molecule has 0 aromatic heterocycles. The first kappa shape index (κ1) is 14.1. The molecule has 1 aliphatic rings. The Morgan fingerprint density at radius 3 is 2.90 bits per heavy atom. The Morgan fingerprint density at radius 1 is 1.50 bits per heavy atom. The molecule has 0 unspecified atom stereocenters. The molecule has 5 heteroatoms. The van der Waals surface area contributed by atoms with Gasteiger partial charge in [0.25, 0.3) is 0 Å². The summed E-state index contributed by atoms with van der Waals surface area (Å²) in [5.74, 6) is -0.132. The predicted octanol–water partition coefficient (Wildman–Crippen LogP) is 1.92. The van der Waals surface area contributed by atoms with Crippen LogP contribution in [0.1, 0.15) is 24.0 Å².